The number of aromatic nitrogens is 3. The Balaban J connectivity index is 0.00000342. The summed E-state index contributed by atoms with van der Waals surface area (Å²) in [6.45, 7) is 13.5. The van der Waals surface area contributed by atoms with Crippen LogP contribution < -0.4 is 0 Å². The van der Waals surface area contributed by atoms with Crippen LogP contribution in [0.4, 0.5) is 0 Å². The molecule has 0 saturated carbocycles. The Morgan fingerprint density at radius 3 is 2.14 bits per heavy atom. The van der Waals surface area contributed by atoms with Crippen molar-refractivity contribution in [2.24, 2.45) is 0 Å². The van der Waals surface area contributed by atoms with Crippen LogP contribution in [0.15, 0.2) is 72.8 Å². The molecule has 35 heavy (non-hydrogen) atoms. The third-order valence-electron chi connectivity index (χ3n) is 7.05. The smallest absolute Gasteiger partial charge is 0.134 e. The molecule has 0 unspecified atom stereocenters. The molecule has 1 aromatic heterocycles. The van der Waals surface area contributed by atoms with Gasteiger partial charge in [-0.15, -0.1) is 40.5 Å². The number of hydrogen-bond donors (Lipinski definition) is 0. The molecule has 0 saturated heterocycles. The summed E-state index contributed by atoms with van der Waals surface area (Å²) in [4.78, 5) is 0. The fourth-order valence-corrected chi connectivity index (χ4v) is 4.64. The molecule has 1 heterocycles. The zero-order valence-electron chi connectivity index (χ0n) is 21.7. The van der Waals surface area contributed by atoms with Gasteiger partial charge in [0.15, 0.2) is 0 Å². The minimum Gasteiger partial charge on any atom is -0.319 e. The first-order valence-corrected chi connectivity index (χ1v) is 12.4. The molecular weight excluding hydrogens is 609 g/mol. The summed E-state index contributed by atoms with van der Waals surface area (Å²) in [5.74, 6) is 1.85. The van der Waals surface area contributed by atoms with Crippen molar-refractivity contribution in [2.45, 2.75) is 71.6 Å². The number of nitrogens with zero attached hydrogens (tertiary/aromatic N) is 3. The molecule has 3 aromatic carbocycles. The van der Waals surface area contributed by atoms with Crippen LogP contribution in [0.5, 0.6) is 0 Å². The van der Waals surface area contributed by atoms with Gasteiger partial charge in [0.05, 0.1) is 5.82 Å². The molecule has 0 aliphatic carbocycles. The molecule has 0 spiro atoms. The van der Waals surface area contributed by atoms with Crippen molar-refractivity contribution >= 4 is 0 Å². The third-order valence-corrected chi connectivity index (χ3v) is 7.05. The number of para-hydroxylation sites is 1. The molecule has 0 radical (unpaired) electrons. The van der Waals surface area contributed by atoms with Gasteiger partial charge in [0.1, 0.15) is 5.82 Å². The van der Waals surface area contributed by atoms with E-state index >= 15 is 0 Å². The van der Waals surface area contributed by atoms with Crippen LogP contribution in [-0.2, 0) is 31.9 Å². The van der Waals surface area contributed by atoms with Crippen LogP contribution in [0.1, 0.15) is 76.4 Å². The van der Waals surface area contributed by atoms with Gasteiger partial charge in [0.2, 0.25) is 0 Å². The Morgan fingerprint density at radius 1 is 0.829 bits per heavy atom. The van der Waals surface area contributed by atoms with Gasteiger partial charge in [-0.1, -0.05) is 96.0 Å². The van der Waals surface area contributed by atoms with Gasteiger partial charge in [-0.2, -0.15) is 5.10 Å². The molecule has 4 aromatic rings. The van der Waals surface area contributed by atoms with Crippen molar-refractivity contribution in [3.8, 4) is 17.1 Å². The largest absolute Gasteiger partial charge is 0.319 e. The van der Waals surface area contributed by atoms with E-state index in [4.69, 9.17) is 10.2 Å². The fraction of sp³-hybridized carbons (Fsp3) is 0.355. The van der Waals surface area contributed by atoms with Crippen molar-refractivity contribution in [1.82, 2.24) is 14.8 Å². The van der Waals surface area contributed by atoms with Crippen LogP contribution in [0.2, 0.25) is 0 Å². The third kappa shape index (κ3) is 5.51. The van der Waals surface area contributed by atoms with E-state index in [-0.39, 0.29) is 31.9 Å². The quantitative estimate of drug-likeness (QED) is 0.183. The predicted octanol–water partition coefficient (Wildman–Crippen LogP) is 7.83. The normalized spacial score (nSPS) is 11.8. The molecule has 0 bridgehead atoms. The maximum absolute atomic E-state index is 4.75. The van der Waals surface area contributed by atoms with Crippen molar-refractivity contribution in [2.75, 3.05) is 0 Å². The summed E-state index contributed by atoms with van der Waals surface area (Å²) in [5.41, 5.74) is 5.63. The summed E-state index contributed by atoms with van der Waals surface area (Å²) in [7, 11) is 0. The molecule has 4 heteroatoms. The van der Waals surface area contributed by atoms with Crippen LogP contribution in [0.25, 0.3) is 17.1 Å². The Hall–Kier alpha value is -2.51. The van der Waals surface area contributed by atoms with Crippen molar-refractivity contribution < 1.29 is 21.1 Å². The minimum absolute atomic E-state index is 0. The molecule has 0 fully saturated rings. The van der Waals surface area contributed by atoms with Crippen molar-refractivity contribution in [1.29, 1.82) is 0 Å². The predicted molar refractivity (Wildman–Crippen MR) is 141 cm³/mol. The minimum atomic E-state index is -0.104. The van der Waals surface area contributed by atoms with Gasteiger partial charge in [0.25, 0.3) is 0 Å². The second kappa shape index (κ2) is 11.0. The summed E-state index contributed by atoms with van der Waals surface area (Å²) < 4.78 is 2.25. The molecule has 0 aliphatic heterocycles. The summed E-state index contributed by atoms with van der Waals surface area (Å²) >= 11 is 0. The molecule has 0 N–H and O–H groups in total. The van der Waals surface area contributed by atoms with E-state index in [1.807, 2.05) is 0 Å². The maximum Gasteiger partial charge on any atom is 0.134 e. The summed E-state index contributed by atoms with van der Waals surface area (Å²) in [6, 6.07) is 29.1. The first-order chi connectivity index (χ1) is 16.3. The Morgan fingerprint density at radius 2 is 1.51 bits per heavy atom. The topological polar surface area (TPSA) is 30.7 Å². The van der Waals surface area contributed by atoms with E-state index in [1.54, 1.807) is 0 Å². The Labute approximate surface area is 225 Å². The zero-order valence-corrected chi connectivity index (χ0v) is 24.0. The standard InChI is InChI=1S/C31H36N3.Pt/c1-7-8-22-30(3,4)29-33-32-28(34(29)27-17-13-12-14-23(27)2)24-18-20-26(21-19-24)31(5,6)25-15-10-9-11-16-25;/h9-18,20-21H,7-8,22H2,1-6H3;/q-1;. The van der Waals surface area contributed by atoms with E-state index in [0.29, 0.717) is 0 Å². The van der Waals surface area contributed by atoms with Gasteiger partial charge >= 0.3 is 0 Å². The van der Waals surface area contributed by atoms with Gasteiger partial charge < -0.3 is 4.57 Å². The van der Waals surface area contributed by atoms with Gasteiger partial charge in [-0.05, 0) is 36.0 Å². The van der Waals surface area contributed by atoms with E-state index < -0.39 is 0 Å². The molecule has 0 amide bonds. The van der Waals surface area contributed by atoms with Gasteiger partial charge in [-0.3, -0.25) is 0 Å². The second-order valence-corrected chi connectivity index (χ2v) is 10.4. The Bertz CT molecular complexity index is 1240. The first kappa shape index (κ1) is 27.1. The molecule has 4 rings (SSSR count). The molecule has 0 aliphatic rings. The van der Waals surface area contributed by atoms with Gasteiger partial charge in [-0.25, -0.2) is 0 Å². The fourth-order valence-electron chi connectivity index (χ4n) is 4.64. The molecule has 3 nitrogen and oxygen atoms in total. The average molecular weight is 646 g/mol. The van der Waals surface area contributed by atoms with E-state index in [1.165, 1.54) is 29.5 Å². The number of rotatable bonds is 8. The molecule has 0 atom stereocenters. The van der Waals surface area contributed by atoms with Crippen LogP contribution in [0.3, 0.4) is 0 Å². The van der Waals surface area contributed by atoms with E-state index in [9.17, 15) is 0 Å². The number of benzene rings is 3. The maximum atomic E-state index is 4.75. The van der Waals surface area contributed by atoms with E-state index in [0.717, 1.165) is 29.3 Å². The van der Waals surface area contributed by atoms with Crippen LogP contribution >= 0.6 is 0 Å². The SMILES string of the molecule is CCCCC(C)(C)c1nnc(-c2[c-]cc(C(C)(C)c3ccccc3)cc2)n1-c1ccccc1C.[Pt]. The summed E-state index contributed by atoms with van der Waals surface area (Å²) in [5, 5.41) is 9.46. The number of aryl methyl sites for hydroxylation is 1. The number of unbranched alkanes of at least 4 members (excludes halogenated alkanes) is 1. The van der Waals surface area contributed by atoms with Crippen molar-refractivity contribution in [3.05, 3.63) is 101 Å². The molecule has 186 valence electrons. The summed E-state index contributed by atoms with van der Waals surface area (Å²) in [6.07, 6.45) is 3.40. The number of hydrogen-bond acceptors (Lipinski definition) is 2. The average Bonchev–Trinajstić information content (AvgIpc) is 3.30. The monoisotopic (exact) mass is 645 g/mol. The van der Waals surface area contributed by atoms with Gasteiger partial charge in [0, 0.05) is 32.2 Å². The van der Waals surface area contributed by atoms with Crippen LogP contribution in [0, 0.1) is 13.0 Å². The van der Waals surface area contributed by atoms with Crippen molar-refractivity contribution in [3.63, 3.8) is 0 Å². The first-order valence-electron chi connectivity index (χ1n) is 12.4. The molecular formula is C31H36N3Pt-. The Kier molecular flexibility index (Phi) is 8.54. The van der Waals surface area contributed by atoms with Crippen LogP contribution in [-0.4, -0.2) is 14.8 Å². The second-order valence-electron chi connectivity index (χ2n) is 10.4. The zero-order chi connectivity index (χ0) is 24.3. The van der Waals surface area contributed by atoms with E-state index in [2.05, 4.69) is 125 Å².